The van der Waals surface area contributed by atoms with Gasteiger partial charge in [0.25, 0.3) is 0 Å². The predicted molar refractivity (Wildman–Crippen MR) is 122 cm³/mol. The first-order valence-corrected chi connectivity index (χ1v) is 11.3. The lowest BCUT2D eigenvalue weighted by molar-refractivity contribution is 0.113. The minimum absolute atomic E-state index is 0.248. The van der Waals surface area contributed by atoms with Crippen LogP contribution in [0.1, 0.15) is 42.4 Å². The van der Waals surface area contributed by atoms with E-state index in [0.717, 1.165) is 74.6 Å². The van der Waals surface area contributed by atoms with Crippen molar-refractivity contribution in [2.45, 2.75) is 44.8 Å². The monoisotopic (exact) mass is 442 g/mol. The fourth-order valence-corrected chi connectivity index (χ4v) is 4.30. The molecule has 32 heavy (non-hydrogen) atoms. The molecule has 0 spiro atoms. The van der Waals surface area contributed by atoms with Crippen LogP contribution in [-0.4, -0.2) is 72.2 Å². The smallest absolute Gasteiger partial charge is 0.194 e. The maximum absolute atomic E-state index is 5.80. The van der Waals surface area contributed by atoms with Crippen molar-refractivity contribution in [3.63, 3.8) is 0 Å². The number of guanidine groups is 1. The van der Waals surface area contributed by atoms with Crippen LogP contribution in [0.3, 0.4) is 0 Å². The highest BCUT2D eigenvalue weighted by atomic mass is 16.5. The van der Waals surface area contributed by atoms with Crippen LogP contribution in [0.5, 0.6) is 11.5 Å². The first kappa shape index (κ1) is 22.4. The highest BCUT2D eigenvalue weighted by Crippen LogP contribution is 2.33. The number of nitrogens with zero attached hydrogens (tertiary/aromatic N) is 5. The topological polar surface area (TPSA) is 86.0 Å². The Kier molecular flexibility index (Phi) is 7.14. The molecule has 2 saturated heterocycles. The zero-order valence-electron chi connectivity index (χ0n) is 19.5. The van der Waals surface area contributed by atoms with Crippen LogP contribution in [0.4, 0.5) is 0 Å². The van der Waals surface area contributed by atoms with E-state index in [2.05, 4.69) is 32.5 Å². The third-order valence-corrected chi connectivity index (χ3v) is 6.40. The van der Waals surface area contributed by atoms with Gasteiger partial charge in [-0.3, -0.25) is 0 Å². The quantitative estimate of drug-likeness (QED) is 0.520. The van der Waals surface area contributed by atoms with E-state index in [4.69, 9.17) is 19.2 Å². The molecule has 2 unspecified atom stereocenters. The van der Waals surface area contributed by atoms with Gasteiger partial charge in [-0.1, -0.05) is 0 Å². The highest BCUT2D eigenvalue weighted by Gasteiger charge is 2.28. The van der Waals surface area contributed by atoms with Crippen LogP contribution in [-0.2, 0) is 18.3 Å². The van der Waals surface area contributed by atoms with Gasteiger partial charge in [0.1, 0.15) is 23.9 Å². The van der Waals surface area contributed by atoms with Crippen molar-refractivity contribution in [3.8, 4) is 11.5 Å². The molecule has 1 aromatic carbocycles. The van der Waals surface area contributed by atoms with E-state index in [9.17, 15) is 0 Å². The van der Waals surface area contributed by atoms with Crippen molar-refractivity contribution in [1.82, 2.24) is 25.0 Å². The molecular formula is C23H34N6O3. The average molecular weight is 443 g/mol. The molecule has 0 saturated carbocycles. The van der Waals surface area contributed by atoms with Crippen molar-refractivity contribution in [3.05, 3.63) is 35.4 Å². The van der Waals surface area contributed by atoms with Gasteiger partial charge < -0.3 is 29.0 Å². The van der Waals surface area contributed by atoms with E-state index in [1.54, 1.807) is 14.2 Å². The summed E-state index contributed by atoms with van der Waals surface area (Å²) < 4.78 is 18.7. The maximum Gasteiger partial charge on any atom is 0.194 e. The molecule has 174 valence electrons. The second-order valence-electron chi connectivity index (χ2n) is 8.46. The van der Waals surface area contributed by atoms with E-state index in [1.165, 1.54) is 5.56 Å². The molecule has 9 heteroatoms. The zero-order valence-corrected chi connectivity index (χ0v) is 19.5. The Balaban J connectivity index is 1.49. The first-order valence-electron chi connectivity index (χ1n) is 11.3. The standard InChI is InChI=1S/C23H34N6O3/c1-16-26-27-22(28(16)2)14-25-23(24-13-19-6-5-9-32-19)29-8-7-17(15-29)18-10-20(30-3)12-21(11-18)31-4/h10-12,17,19H,5-9,13-15H2,1-4H3,(H,24,25). The van der Waals surface area contributed by atoms with Crippen LogP contribution in [0.15, 0.2) is 23.2 Å². The molecule has 1 N–H and O–H groups in total. The Morgan fingerprint density at radius 1 is 1.19 bits per heavy atom. The van der Waals surface area contributed by atoms with Gasteiger partial charge in [-0.15, -0.1) is 10.2 Å². The van der Waals surface area contributed by atoms with Crippen LogP contribution >= 0.6 is 0 Å². The number of hydrogen-bond donors (Lipinski definition) is 1. The number of aryl methyl sites for hydroxylation is 1. The predicted octanol–water partition coefficient (Wildman–Crippen LogP) is 2.25. The minimum atomic E-state index is 0.248. The van der Waals surface area contributed by atoms with E-state index in [0.29, 0.717) is 12.5 Å². The molecule has 0 bridgehead atoms. The van der Waals surface area contributed by atoms with Gasteiger partial charge >= 0.3 is 0 Å². The van der Waals surface area contributed by atoms with Gasteiger partial charge in [0.05, 0.1) is 20.3 Å². The molecule has 2 aromatic rings. The fourth-order valence-electron chi connectivity index (χ4n) is 4.30. The second kappa shape index (κ2) is 10.2. The lowest BCUT2D eigenvalue weighted by Crippen LogP contribution is -2.43. The Bertz CT molecular complexity index is 916. The van der Waals surface area contributed by atoms with Crippen molar-refractivity contribution in [2.75, 3.05) is 40.5 Å². The summed E-state index contributed by atoms with van der Waals surface area (Å²) in [4.78, 5) is 7.24. The number of aromatic nitrogens is 3. The molecule has 3 heterocycles. The summed E-state index contributed by atoms with van der Waals surface area (Å²) in [5.41, 5.74) is 1.23. The lowest BCUT2D eigenvalue weighted by atomic mass is 9.98. The molecule has 1 aromatic heterocycles. The van der Waals surface area contributed by atoms with Crippen molar-refractivity contribution in [2.24, 2.45) is 12.0 Å². The van der Waals surface area contributed by atoms with Crippen LogP contribution in [0.2, 0.25) is 0 Å². The number of ether oxygens (including phenoxy) is 3. The Morgan fingerprint density at radius 3 is 2.59 bits per heavy atom. The average Bonchev–Trinajstić information content (AvgIpc) is 3.57. The molecule has 9 nitrogen and oxygen atoms in total. The molecule has 2 fully saturated rings. The van der Waals surface area contributed by atoms with Crippen molar-refractivity contribution in [1.29, 1.82) is 0 Å². The van der Waals surface area contributed by atoms with Gasteiger partial charge in [0.15, 0.2) is 11.8 Å². The molecule has 2 aliphatic rings. The zero-order chi connectivity index (χ0) is 22.5. The number of likely N-dealkylation sites (tertiary alicyclic amines) is 1. The van der Waals surface area contributed by atoms with Gasteiger partial charge in [0, 0.05) is 45.3 Å². The number of benzene rings is 1. The number of nitrogens with one attached hydrogen (secondary N) is 1. The van der Waals surface area contributed by atoms with E-state index >= 15 is 0 Å². The highest BCUT2D eigenvalue weighted by molar-refractivity contribution is 5.80. The third kappa shape index (κ3) is 5.15. The maximum atomic E-state index is 5.80. The van der Waals surface area contributed by atoms with Gasteiger partial charge in [-0.05, 0) is 43.9 Å². The summed E-state index contributed by atoms with van der Waals surface area (Å²) in [5, 5.41) is 12.0. The molecule has 2 atom stereocenters. The molecule has 0 radical (unpaired) electrons. The Morgan fingerprint density at radius 2 is 1.97 bits per heavy atom. The van der Waals surface area contributed by atoms with Crippen molar-refractivity contribution < 1.29 is 14.2 Å². The Labute approximate surface area is 189 Å². The summed E-state index contributed by atoms with van der Waals surface area (Å²) in [6.45, 7) is 5.86. The van der Waals surface area contributed by atoms with Gasteiger partial charge in [-0.2, -0.15) is 0 Å². The minimum Gasteiger partial charge on any atom is -0.497 e. The normalized spacial score (nSPS) is 21.2. The molecule has 2 aliphatic heterocycles. The summed E-state index contributed by atoms with van der Waals surface area (Å²) in [6, 6.07) is 6.13. The van der Waals surface area contributed by atoms with E-state index in [1.807, 2.05) is 24.6 Å². The van der Waals surface area contributed by atoms with E-state index < -0.39 is 0 Å². The summed E-state index contributed by atoms with van der Waals surface area (Å²) >= 11 is 0. The molecule has 0 amide bonds. The summed E-state index contributed by atoms with van der Waals surface area (Å²) in [7, 11) is 5.35. The largest absolute Gasteiger partial charge is 0.497 e. The summed E-state index contributed by atoms with van der Waals surface area (Å²) in [6.07, 6.45) is 3.51. The van der Waals surface area contributed by atoms with E-state index in [-0.39, 0.29) is 6.10 Å². The summed E-state index contributed by atoms with van der Waals surface area (Å²) in [5.74, 6) is 4.66. The Hall–Kier alpha value is -2.81. The lowest BCUT2D eigenvalue weighted by Gasteiger charge is -2.23. The second-order valence-corrected chi connectivity index (χ2v) is 8.46. The number of rotatable bonds is 7. The SMILES string of the molecule is COc1cc(OC)cc(C2CCN(C(=NCc3nnc(C)n3C)NCC3CCCO3)C2)c1. The fraction of sp³-hybridized carbons (Fsp3) is 0.609. The number of hydrogen-bond acceptors (Lipinski definition) is 6. The molecule has 0 aliphatic carbocycles. The van der Waals surface area contributed by atoms with Crippen LogP contribution in [0.25, 0.3) is 0 Å². The number of aliphatic imine (C=N–C) groups is 1. The third-order valence-electron chi connectivity index (χ3n) is 6.40. The van der Waals surface area contributed by atoms with Crippen LogP contribution in [0, 0.1) is 6.92 Å². The molecular weight excluding hydrogens is 408 g/mol. The van der Waals surface area contributed by atoms with Gasteiger partial charge in [-0.25, -0.2) is 4.99 Å². The first-order chi connectivity index (χ1) is 15.6. The van der Waals surface area contributed by atoms with Crippen LogP contribution < -0.4 is 14.8 Å². The number of methoxy groups -OCH3 is 2. The van der Waals surface area contributed by atoms with Crippen molar-refractivity contribution >= 4 is 5.96 Å². The van der Waals surface area contributed by atoms with Gasteiger partial charge in [0.2, 0.25) is 0 Å². The molecule has 4 rings (SSSR count).